The van der Waals surface area contributed by atoms with E-state index in [1.165, 1.54) is 4.90 Å². The summed E-state index contributed by atoms with van der Waals surface area (Å²) in [6.07, 6.45) is 0. The highest BCUT2D eigenvalue weighted by molar-refractivity contribution is 6.51. The van der Waals surface area contributed by atoms with E-state index in [0.717, 1.165) is 40.7 Å². The second kappa shape index (κ2) is 9.94. The Labute approximate surface area is 217 Å². The van der Waals surface area contributed by atoms with Crippen LogP contribution in [0.1, 0.15) is 36.6 Å². The van der Waals surface area contributed by atoms with Gasteiger partial charge in [-0.05, 0) is 61.4 Å². The average Bonchev–Trinajstić information content (AvgIpc) is 3.19. The zero-order chi connectivity index (χ0) is 26.1. The first-order chi connectivity index (χ1) is 17.9. The van der Waals surface area contributed by atoms with E-state index >= 15 is 0 Å². The molecule has 5 rings (SSSR count). The van der Waals surface area contributed by atoms with Crippen molar-refractivity contribution in [1.82, 2.24) is 0 Å². The van der Waals surface area contributed by atoms with Crippen LogP contribution in [-0.4, -0.2) is 29.9 Å². The zero-order valence-corrected chi connectivity index (χ0v) is 21.3. The summed E-state index contributed by atoms with van der Waals surface area (Å²) in [6, 6.07) is 28.0. The summed E-state index contributed by atoms with van der Waals surface area (Å²) in [6.45, 7) is 7.91. The molecule has 0 bridgehead atoms. The minimum Gasteiger partial charge on any atom is -0.507 e. The van der Waals surface area contributed by atoms with Gasteiger partial charge in [-0.3, -0.25) is 14.5 Å². The highest BCUT2D eigenvalue weighted by Crippen LogP contribution is 2.43. The zero-order valence-electron chi connectivity index (χ0n) is 21.3. The first-order valence-electron chi connectivity index (χ1n) is 12.6. The Balaban J connectivity index is 1.71. The molecule has 0 aliphatic carbocycles. The number of Topliss-reactive ketones (excluding diaryl/α,β-unsaturated/α-hetero) is 1. The molecule has 1 fully saturated rings. The number of fused-ring (bicyclic) bond motifs is 1. The van der Waals surface area contributed by atoms with E-state index in [4.69, 9.17) is 0 Å². The van der Waals surface area contributed by atoms with Crippen molar-refractivity contribution in [1.29, 1.82) is 0 Å². The SMILES string of the molecule is CCN(CC)c1ccc(N2C(=O)C(=O)/C(=C(\O)c3cccc4ccccc34)C2c2cccc(C)c2)cc1. The molecule has 1 unspecified atom stereocenters. The van der Waals surface area contributed by atoms with Crippen LogP contribution < -0.4 is 9.80 Å². The van der Waals surface area contributed by atoms with Crippen LogP contribution >= 0.6 is 0 Å². The van der Waals surface area contributed by atoms with Crippen LogP contribution in [0, 0.1) is 6.92 Å². The van der Waals surface area contributed by atoms with Crippen molar-refractivity contribution in [3.05, 3.63) is 113 Å². The first-order valence-corrected chi connectivity index (χ1v) is 12.6. The molecule has 1 atom stereocenters. The number of amides is 1. The second-order valence-corrected chi connectivity index (χ2v) is 9.30. The van der Waals surface area contributed by atoms with Gasteiger partial charge in [0.05, 0.1) is 11.6 Å². The van der Waals surface area contributed by atoms with Crippen molar-refractivity contribution < 1.29 is 14.7 Å². The fraction of sp³-hybridized carbons (Fsp3) is 0.188. The van der Waals surface area contributed by atoms with Gasteiger partial charge in [0.25, 0.3) is 11.7 Å². The van der Waals surface area contributed by atoms with E-state index in [1.54, 1.807) is 6.07 Å². The molecule has 1 amide bonds. The molecule has 1 N–H and O–H groups in total. The number of anilines is 2. The number of hydrogen-bond donors (Lipinski definition) is 1. The Hall–Kier alpha value is -4.38. The first kappa shape index (κ1) is 24.3. The molecule has 0 radical (unpaired) electrons. The molecule has 37 heavy (non-hydrogen) atoms. The molecule has 0 spiro atoms. The molecule has 1 heterocycles. The molecule has 1 saturated heterocycles. The number of aryl methyl sites for hydroxylation is 1. The van der Waals surface area contributed by atoms with Crippen LogP contribution in [0.25, 0.3) is 16.5 Å². The molecule has 1 aliphatic heterocycles. The molecule has 0 saturated carbocycles. The lowest BCUT2D eigenvalue weighted by molar-refractivity contribution is -0.132. The quantitative estimate of drug-likeness (QED) is 0.187. The maximum Gasteiger partial charge on any atom is 0.300 e. The molecule has 4 aromatic rings. The van der Waals surface area contributed by atoms with E-state index < -0.39 is 17.7 Å². The Morgan fingerprint density at radius 3 is 2.24 bits per heavy atom. The summed E-state index contributed by atoms with van der Waals surface area (Å²) in [5, 5.41) is 13.4. The highest BCUT2D eigenvalue weighted by Gasteiger charge is 2.47. The number of nitrogens with zero attached hydrogens (tertiary/aromatic N) is 2. The van der Waals surface area contributed by atoms with Gasteiger partial charge in [-0.2, -0.15) is 0 Å². The molecule has 5 heteroatoms. The van der Waals surface area contributed by atoms with Crippen molar-refractivity contribution in [2.24, 2.45) is 0 Å². The third kappa shape index (κ3) is 4.27. The number of carbonyl (C=O) groups is 2. The van der Waals surface area contributed by atoms with E-state index in [0.29, 0.717) is 11.3 Å². The third-order valence-electron chi connectivity index (χ3n) is 7.10. The number of hydrogen-bond acceptors (Lipinski definition) is 4. The number of benzene rings is 4. The van der Waals surface area contributed by atoms with Crippen molar-refractivity contribution in [3.8, 4) is 0 Å². The van der Waals surface area contributed by atoms with Crippen LogP contribution in [0.4, 0.5) is 11.4 Å². The molecular formula is C32H30N2O3. The number of ketones is 1. The monoisotopic (exact) mass is 490 g/mol. The lowest BCUT2D eigenvalue weighted by atomic mass is 9.92. The van der Waals surface area contributed by atoms with Crippen LogP contribution in [0.15, 0.2) is 96.6 Å². The molecule has 0 aromatic heterocycles. The predicted molar refractivity (Wildman–Crippen MR) is 150 cm³/mol. The summed E-state index contributed by atoms with van der Waals surface area (Å²) < 4.78 is 0. The Morgan fingerprint density at radius 2 is 1.54 bits per heavy atom. The third-order valence-corrected chi connectivity index (χ3v) is 7.10. The molecular weight excluding hydrogens is 460 g/mol. The van der Waals surface area contributed by atoms with Crippen LogP contribution in [-0.2, 0) is 9.59 Å². The molecule has 4 aromatic carbocycles. The van der Waals surface area contributed by atoms with Gasteiger partial charge in [-0.25, -0.2) is 0 Å². The van der Waals surface area contributed by atoms with Gasteiger partial charge in [-0.1, -0.05) is 72.3 Å². The predicted octanol–water partition coefficient (Wildman–Crippen LogP) is 6.62. The highest BCUT2D eigenvalue weighted by atomic mass is 16.3. The molecule has 1 aliphatic rings. The maximum atomic E-state index is 13.6. The Bertz CT molecular complexity index is 1510. The number of rotatable bonds is 6. The van der Waals surface area contributed by atoms with Crippen LogP contribution in [0.3, 0.4) is 0 Å². The maximum absolute atomic E-state index is 13.6. The largest absolute Gasteiger partial charge is 0.507 e. The van der Waals surface area contributed by atoms with Gasteiger partial charge in [-0.15, -0.1) is 0 Å². The van der Waals surface area contributed by atoms with Gasteiger partial charge in [0.2, 0.25) is 0 Å². The topological polar surface area (TPSA) is 60.9 Å². The summed E-state index contributed by atoms with van der Waals surface area (Å²) in [5.41, 5.74) is 4.07. The average molecular weight is 491 g/mol. The smallest absolute Gasteiger partial charge is 0.300 e. The van der Waals surface area contributed by atoms with E-state index in [1.807, 2.05) is 91.9 Å². The summed E-state index contributed by atoms with van der Waals surface area (Å²) in [5.74, 6) is -1.50. The van der Waals surface area contributed by atoms with E-state index in [2.05, 4.69) is 18.7 Å². The van der Waals surface area contributed by atoms with Crippen molar-refractivity contribution >= 4 is 39.6 Å². The van der Waals surface area contributed by atoms with Crippen molar-refractivity contribution in [2.45, 2.75) is 26.8 Å². The summed E-state index contributed by atoms with van der Waals surface area (Å²) in [4.78, 5) is 30.8. The van der Waals surface area contributed by atoms with Crippen molar-refractivity contribution in [3.63, 3.8) is 0 Å². The van der Waals surface area contributed by atoms with Gasteiger partial charge >= 0.3 is 0 Å². The van der Waals surface area contributed by atoms with Crippen LogP contribution in [0.2, 0.25) is 0 Å². The number of aliphatic hydroxyl groups is 1. The normalized spacial score (nSPS) is 16.9. The number of carbonyl (C=O) groups excluding carboxylic acids is 2. The van der Waals surface area contributed by atoms with E-state index in [9.17, 15) is 14.7 Å². The lowest BCUT2D eigenvalue weighted by Gasteiger charge is -2.27. The van der Waals surface area contributed by atoms with E-state index in [-0.39, 0.29) is 11.3 Å². The minimum absolute atomic E-state index is 0.0970. The summed E-state index contributed by atoms with van der Waals surface area (Å²) >= 11 is 0. The fourth-order valence-corrected chi connectivity index (χ4v) is 5.24. The summed E-state index contributed by atoms with van der Waals surface area (Å²) in [7, 11) is 0. The Kier molecular flexibility index (Phi) is 6.53. The van der Waals surface area contributed by atoms with Crippen LogP contribution in [0.5, 0.6) is 0 Å². The molecule has 186 valence electrons. The van der Waals surface area contributed by atoms with Gasteiger partial charge in [0, 0.05) is 30.0 Å². The minimum atomic E-state index is -0.752. The van der Waals surface area contributed by atoms with Crippen molar-refractivity contribution in [2.75, 3.05) is 22.9 Å². The van der Waals surface area contributed by atoms with Gasteiger partial charge < -0.3 is 10.0 Å². The Morgan fingerprint density at radius 1 is 0.865 bits per heavy atom. The lowest BCUT2D eigenvalue weighted by Crippen LogP contribution is -2.29. The standard InChI is InChI=1S/C32H30N2O3/c1-4-33(5-2)24-16-18-25(19-17-24)34-29(23-13-8-10-21(3)20-23)28(31(36)32(34)37)30(35)27-15-9-12-22-11-6-7-14-26(22)27/h6-20,29,35H,4-5H2,1-3H3/b30-28-. The van der Waals surface area contributed by atoms with Gasteiger partial charge in [0.1, 0.15) is 5.76 Å². The molecule has 5 nitrogen and oxygen atoms in total. The second-order valence-electron chi connectivity index (χ2n) is 9.30. The van der Waals surface area contributed by atoms with Gasteiger partial charge in [0.15, 0.2) is 0 Å². The number of aliphatic hydroxyl groups excluding tert-OH is 1. The fourth-order valence-electron chi connectivity index (χ4n) is 5.24.